The first-order valence-electron chi connectivity index (χ1n) is 7.15. The van der Waals surface area contributed by atoms with E-state index in [9.17, 15) is 4.39 Å². The van der Waals surface area contributed by atoms with E-state index in [-0.39, 0.29) is 5.82 Å². The minimum absolute atomic E-state index is 0.182. The van der Waals surface area contributed by atoms with Crippen LogP contribution in [0.1, 0.15) is 18.4 Å². The SMILES string of the molecule is N[C@H]1C[C@@H](NCc2ccc(-c3ccc(Cl)cc3)cc2F)C1. The highest BCUT2D eigenvalue weighted by Crippen LogP contribution is 2.24. The highest BCUT2D eigenvalue weighted by Gasteiger charge is 2.25. The predicted molar refractivity (Wildman–Crippen MR) is 84.7 cm³/mol. The van der Waals surface area contributed by atoms with E-state index in [4.69, 9.17) is 17.3 Å². The predicted octanol–water partition coefficient (Wildman–Crippen LogP) is 3.73. The van der Waals surface area contributed by atoms with Crippen molar-refractivity contribution < 1.29 is 4.39 Å². The lowest BCUT2D eigenvalue weighted by molar-refractivity contribution is 0.289. The van der Waals surface area contributed by atoms with Gasteiger partial charge in [0, 0.05) is 29.2 Å². The molecule has 4 heteroatoms. The monoisotopic (exact) mass is 304 g/mol. The zero-order valence-electron chi connectivity index (χ0n) is 11.7. The van der Waals surface area contributed by atoms with Crippen LogP contribution in [0, 0.1) is 5.82 Å². The Morgan fingerprint density at radius 3 is 2.38 bits per heavy atom. The lowest BCUT2D eigenvalue weighted by Crippen LogP contribution is -2.48. The van der Waals surface area contributed by atoms with Crippen molar-refractivity contribution in [1.82, 2.24) is 5.32 Å². The molecule has 0 spiro atoms. The number of nitrogens with one attached hydrogen (secondary N) is 1. The molecule has 1 fully saturated rings. The van der Waals surface area contributed by atoms with Gasteiger partial charge in [-0.1, -0.05) is 35.9 Å². The molecule has 0 aliphatic heterocycles. The first-order valence-corrected chi connectivity index (χ1v) is 7.53. The van der Waals surface area contributed by atoms with Gasteiger partial charge in [-0.05, 0) is 42.2 Å². The van der Waals surface area contributed by atoms with Crippen molar-refractivity contribution >= 4 is 11.6 Å². The number of rotatable bonds is 4. The smallest absolute Gasteiger partial charge is 0.128 e. The molecule has 2 aromatic rings. The topological polar surface area (TPSA) is 38.0 Å². The van der Waals surface area contributed by atoms with Crippen LogP contribution < -0.4 is 11.1 Å². The van der Waals surface area contributed by atoms with Crippen LogP contribution in [-0.4, -0.2) is 12.1 Å². The summed E-state index contributed by atoms with van der Waals surface area (Å²) in [6.45, 7) is 0.546. The lowest BCUT2D eigenvalue weighted by atomic mass is 9.87. The minimum Gasteiger partial charge on any atom is -0.328 e. The van der Waals surface area contributed by atoms with Gasteiger partial charge >= 0.3 is 0 Å². The zero-order valence-corrected chi connectivity index (χ0v) is 12.4. The summed E-state index contributed by atoms with van der Waals surface area (Å²) in [5, 5.41) is 4.02. The van der Waals surface area contributed by atoms with Gasteiger partial charge in [0.1, 0.15) is 5.82 Å². The molecule has 0 unspecified atom stereocenters. The third-order valence-electron chi connectivity index (χ3n) is 3.99. The van der Waals surface area contributed by atoms with Crippen LogP contribution in [-0.2, 0) is 6.54 Å². The number of benzene rings is 2. The van der Waals surface area contributed by atoms with Crippen molar-refractivity contribution in [2.24, 2.45) is 5.73 Å². The highest BCUT2D eigenvalue weighted by molar-refractivity contribution is 6.30. The van der Waals surface area contributed by atoms with Gasteiger partial charge in [0.25, 0.3) is 0 Å². The van der Waals surface area contributed by atoms with E-state index < -0.39 is 0 Å². The second-order valence-corrected chi connectivity index (χ2v) is 6.06. The number of nitrogens with two attached hydrogens (primary N) is 1. The van der Waals surface area contributed by atoms with Gasteiger partial charge in [0.15, 0.2) is 0 Å². The largest absolute Gasteiger partial charge is 0.328 e. The zero-order chi connectivity index (χ0) is 14.8. The van der Waals surface area contributed by atoms with Crippen LogP contribution in [0.5, 0.6) is 0 Å². The Kier molecular flexibility index (Phi) is 4.24. The van der Waals surface area contributed by atoms with E-state index in [1.165, 1.54) is 0 Å². The molecule has 0 heterocycles. The van der Waals surface area contributed by atoms with E-state index in [0.717, 1.165) is 24.0 Å². The van der Waals surface area contributed by atoms with E-state index in [1.807, 2.05) is 36.4 Å². The van der Waals surface area contributed by atoms with Crippen LogP contribution in [0.25, 0.3) is 11.1 Å². The van der Waals surface area contributed by atoms with Crippen molar-refractivity contribution in [3.05, 3.63) is 58.9 Å². The standard InChI is InChI=1S/C17H18ClFN2/c18-14-5-3-11(4-6-14)12-1-2-13(17(19)7-12)10-21-16-8-15(20)9-16/h1-7,15-16,21H,8-10,20H2/t15-,16+. The molecular formula is C17H18ClFN2. The molecule has 0 bridgehead atoms. The molecule has 0 atom stereocenters. The molecule has 0 amide bonds. The van der Waals surface area contributed by atoms with Crippen molar-refractivity contribution in [1.29, 1.82) is 0 Å². The Morgan fingerprint density at radius 1 is 1.10 bits per heavy atom. The van der Waals surface area contributed by atoms with Gasteiger partial charge in [-0.2, -0.15) is 0 Å². The molecule has 0 saturated heterocycles. The van der Waals surface area contributed by atoms with E-state index in [1.54, 1.807) is 6.07 Å². The fourth-order valence-electron chi connectivity index (χ4n) is 2.60. The maximum Gasteiger partial charge on any atom is 0.128 e. The number of halogens is 2. The maximum atomic E-state index is 14.2. The second kappa shape index (κ2) is 6.14. The van der Waals surface area contributed by atoms with Crippen LogP contribution in [0.4, 0.5) is 4.39 Å². The first-order chi connectivity index (χ1) is 10.1. The third-order valence-corrected chi connectivity index (χ3v) is 4.24. The molecule has 1 aliphatic rings. The summed E-state index contributed by atoms with van der Waals surface area (Å²) < 4.78 is 14.2. The van der Waals surface area contributed by atoms with Gasteiger partial charge in [-0.3, -0.25) is 0 Å². The average molecular weight is 305 g/mol. The highest BCUT2D eigenvalue weighted by atomic mass is 35.5. The van der Waals surface area contributed by atoms with E-state index >= 15 is 0 Å². The Hall–Kier alpha value is -1.42. The van der Waals surface area contributed by atoms with Crippen LogP contribution in [0.3, 0.4) is 0 Å². The molecule has 2 aromatic carbocycles. The molecule has 1 aliphatic carbocycles. The van der Waals surface area contributed by atoms with E-state index in [0.29, 0.717) is 29.2 Å². The Bertz CT molecular complexity index is 621. The van der Waals surface area contributed by atoms with Gasteiger partial charge in [0.2, 0.25) is 0 Å². The van der Waals surface area contributed by atoms with Gasteiger partial charge in [-0.25, -0.2) is 4.39 Å². The van der Waals surface area contributed by atoms with Crippen molar-refractivity contribution in [2.45, 2.75) is 31.5 Å². The van der Waals surface area contributed by atoms with Crippen LogP contribution >= 0.6 is 11.6 Å². The van der Waals surface area contributed by atoms with Crippen molar-refractivity contribution in [3.63, 3.8) is 0 Å². The normalized spacial score (nSPS) is 21.1. The summed E-state index contributed by atoms with van der Waals surface area (Å²) in [5.41, 5.74) is 8.25. The number of hydrogen-bond donors (Lipinski definition) is 2. The summed E-state index contributed by atoms with van der Waals surface area (Å²) in [6, 6.07) is 13.5. The third kappa shape index (κ3) is 3.43. The van der Waals surface area contributed by atoms with Crippen LogP contribution in [0.15, 0.2) is 42.5 Å². The quantitative estimate of drug-likeness (QED) is 0.903. The Morgan fingerprint density at radius 2 is 1.76 bits per heavy atom. The molecule has 3 N–H and O–H groups in total. The first kappa shape index (κ1) is 14.5. The molecule has 0 aromatic heterocycles. The summed E-state index contributed by atoms with van der Waals surface area (Å²) >= 11 is 5.86. The van der Waals surface area contributed by atoms with E-state index in [2.05, 4.69) is 5.32 Å². The lowest BCUT2D eigenvalue weighted by Gasteiger charge is -2.33. The Labute approximate surface area is 129 Å². The van der Waals surface area contributed by atoms with Gasteiger partial charge in [-0.15, -0.1) is 0 Å². The molecular weight excluding hydrogens is 287 g/mol. The Balaban J connectivity index is 1.69. The van der Waals surface area contributed by atoms with Gasteiger partial charge in [0.05, 0.1) is 0 Å². The summed E-state index contributed by atoms with van der Waals surface area (Å²) in [7, 11) is 0. The molecule has 2 nitrogen and oxygen atoms in total. The molecule has 1 saturated carbocycles. The average Bonchev–Trinajstić information content (AvgIpc) is 2.44. The maximum absolute atomic E-state index is 14.2. The van der Waals surface area contributed by atoms with Gasteiger partial charge < -0.3 is 11.1 Å². The summed E-state index contributed by atoms with van der Waals surface area (Å²) in [5.74, 6) is -0.182. The van der Waals surface area contributed by atoms with Crippen molar-refractivity contribution in [2.75, 3.05) is 0 Å². The molecule has 0 radical (unpaired) electrons. The van der Waals surface area contributed by atoms with Crippen LogP contribution in [0.2, 0.25) is 5.02 Å². The minimum atomic E-state index is -0.182. The molecule has 110 valence electrons. The second-order valence-electron chi connectivity index (χ2n) is 5.62. The molecule has 3 rings (SSSR count). The molecule has 21 heavy (non-hydrogen) atoms. The number of hydrogen-bond acceptors (Lipinski definition) is 2. The van der Waals surface area contributed by atoms with Crippen molar-refractivity contribution in [3.8, 4) is 11.1 Å². The summed E-state index contributed by atoms with van der Waals surface area (Å²) in [4.78, 5) is 0. The fourth-order valence-corrected chi connectivity index (χ4v) is 2.72. The fraction of sp³-hybridized carbons (Fsp3) is 0.294. The summed E-state index contributed by atoms with van der Waals surface area (Å²) in [6.07, 6.45) is 1.95.